The Bertz CT molecular complexity index is 339. The van der Waals surface area contributed by atoms with Crippen LogP contribution >= 0.6 is 50.5 Å². The molecule has 0 bridgehead atoms. The molecule has 1 aromatic heterocycles. The largest absolute Gasteiger partial charge is 0.111 e. The Kier molecular flexibility index (Phi) is 9.00. The second-order valence-corrected chi connectivity index (χ2v) is 8.05. The van der Waals surface area contributed by atoms with Crippen molar-refractivity contribution in [1.82, 2.24) is 0 Å². The highest BCUT2D eigenvalue weighted by Gasteiger charge is 2.14. The number of hydrogen-bond acceptors (Lipinski definition) is 1. The fourth-order valence-corrected chi connectivity index (χ4v) is 4.55. The van der Waals surface area contributed by atoms with Crippen LogP contribution < -0.4 is 0 Å². The summed E-state index contributed by atoms with van der Waals surface area (Å²) < 4.78 is 1.60. The molecule has 1 heterocycles. The Balaban J connectivity index is 2.14. The molecule has 0 aliphatic rings. The molecule has 0 radical (unpaired) electrons. The van der Waals surface area contributed by atoms with E-state index in [1.165, 1.54) is 56.3 Å². The first kappa shape index (κ1) is 16.8. The van der Waals surface area contributed by atoms with Crippen LogP contribution in [-0.4, -0.2) is 0 Å². The summed E-state index contributed by atoms with van der Waals surface area (Å²) in [7, 11) is 0. The van der Waals surface area contributed by atoms with Gasteiger partial charge in [-0.15, -0.1) is 11.3 Å². The Hall–Kier alpha value is 0.760. The minimum absolute atomic E-state index is 0.351. The van der Waals surface area contributed by atoms with Crippen LogP contribution in [0.3, 0.4) is 0 Å². The van der Waals surface area contributed by atoms with Gasteiger partial charge in [0, 0.05) is 4.83 Å². The van der Waals surface area contributed by atoms with E-state index in [1.807, 2.05) is 6.07 Å². The Labute approximate surface area is 133 Å². The average molecular weight is 372 g/mol. The van der Waals surface area contributed by atoms with Crippen LogP contribution in [0.2, 0.25) is 8.67 Å². The van der Waals surface area contributed by atoms with E-state index in [1.54, 1.807) is 0 Å². The molecular weight excluding hydrogens is 351 g/mol. The minimum atomic E-state index is 0.351. The maximum atomic E-state index is 6.14. The van der Waals surface area contributed by atoms with E-state index in [0.29, 0.717) is 4.83 Å². The van der Waals surface area contributed by atoms with Crippen molar-refractivity contribution in [1.29, 1.82) is 0 Å². The molecule has 0 spiro atoms. The molecule has 1 atom stereocenters. The first-order chi connectivity index (χ1) is 8.65. The Morgan fingerprint density at radius 1 is 1.11 bits per heavy atom. The predicted molar refractivity (Wildman–Crippen MR) is 88.6 cm³/mol. The lowest BCUT2D eigenvalue weighted by molar-refractivity contribution is 0.575. The number of halogens is 3. The fraction of sp³-hybridized carbons (Fsp3) is 0.714. The van der Waals surface area contributed by atoms with Gasteiger partial charge >= 0.3 is 0 Å². The highest BCUT2D eigenvalue weighted by molar-refractivity contribution is 9.09. The molecule has 18 heavy (non-hydrogen) atoms. The summed E-state index contributed by atoms with van der Waals surface area (Å²) in [5, 5.41) is 0. The van der Waals surface area contributed by atoms with Gasteiger partial charge in [0.1, 0.15) is 0 Å². The standard InChI is InChI=1S/C14H21BrCl2S/c1-2-3-4-5-6-7-8-9-12(15)11-10-13(16)18-14(11)17/h10,12H,2-9H2,1H3. The first-order valence-electron chi connectivity index (χ1n) is 6.74. The van der Waals surface area contributed by atoms with Crippen molar-refractivity contribution in [2.75, 3.05) is 0 Å². The van der Waals surface area contributed by atoms with Crippen molar-refractivity contribution in [3.63, 3.8) is 0 Å². The number of unbranched alkanes of at least 4 members (excludes halogenated alkanes) is 6. The SMILES string of the molecule is CCCCCCCCCC(Br)c1cc(Cl)sc1Cl. The number of alkyl halides is 1. The molecule has 0 aromatic carbocycles. The zero-order valence-corrected chi connectivity index (χ0v) is 14.8. The first-order valence-corrected chi connectivity index (χ1v) is 9.22. The van der Waals surface area contributed by atoms with Crippen molar-refractivity contribution >= 4 is 50.5 Å². The third-order valence-corrected chi connectivity index (χ3v) is 5.55. The lowest BCUT2D eigenvalue weighted by atomic mass is 10.1. The van der Waals surface area contributed by atoms with Crippen molar-refractivity contribution < 1.29 is 0 Å². The van der Waals surface area contributed by atoms with Gasteiger partial charge in [0.2, 0.25) is 0 Å². The summed E-state index contributed by atoms with van der Waals surface area (Å²) in [6.45, 7) is 2.26. The third kappa shape index (κ3) is 6.27. The van der Waals surface area contributed by atoms with Gasteiger partial charge in [-0.2, -0.15) is 0 Å². The molecule has 104 valence electrons. The van der Waals surface area contributed by atoms with Crippen LogP contribution in [0.25, 0.3) is 0 Å². The lowest BCUT2D eigenvalue weighted by Crippen LogP contribution is -1.89. The highest BCUT2D eigenvalue weighted by atomic mass is 79.9. The van der Waals surface area contributed by atoms with Crippen molar-refractivity contribution in [3.8, 4) is 0 Å². The molecule has 0 saturated heterocycles. The molecule has 0 saturated carbocycles. The van der Waals surface area contributed by atoms with Gasteiger partial charge in [-0.05, 0) is 18.1 Å². The van der Waals surface area contributed by atoms with Crippen molar-refractivity contribution in [3.05, 3.63) is 20.3 Å². The zero-order chi connectivity index (χ0) is 13.4. The number of rotatable bonds is 9. The van der Waals surface area contributed by atoms with Gasteiger partial charge in [-0.3, -0.25) is 0 Å². The second-order valence-electron chi connectivity index (χ2n) is 4.66. The molecule has 0 aliphatic heterocycles. The van der Waals surface area contributed by atoms with Crippen LogP contribution in [-0.2, 0) is 0 Å². The van der Waals surface area contributed by atoms with Gasteiger partial charge in [-0.25, -0.2) is 0 Å². The zero-order valence-electron chi connectivity index (χ0n) is 10.9. The maximum Gasteiger partial charge on any atom is 0.0987 e. The summed E-state index contributed by atoms with van der Waals surface area (Å²) in [5.41, 5.74) is 1.15. The monoisotopic (exact) mass is 370 g/mol. The highest BCUT2D eigenvalue weighted by Crippen LogP contribution is 2.40. The molecule has 1 aromatic rings. The third-order valence-electron chi connectivity index (χ3n) is 3.08. The summed E-state index contributed by atoms with van der Waals surface area (Å²) in [6, 6.07) is 1.98. The molecule has 4 heteroatoms. The van der Waals surface area contributed by atoms with E-state index in [2.05, 4.69) is 22.9 Å². The van der Waals surface area contributed by atoms with E-state index in [4.69, 9.17) is 23.2 Å². The van der Waals surface area contributed by atoms with Crippen molar-refractivity contribution in [2.45, 2.75) is 63.1 Å². The van der Waals surface area contributed by atoms with Crippen molar-refractivity contribution in [2.24, 2.45) is 0 Å². The number of hydrogen-bond donors (Lipinski definition) is 0. The van der Waals surface area contributed by atoms with E-state index >= 15 is 0 Å². The van der Waals surface area contributed by atoms with E-state index < -0.39 is 0 Å². The van der Waals surface area contributed by atoms with Crippen LogP contribution in [0.15, 0.2) is 6.07 Å². The van der Waals surface area contributed by atoms with Crippen LogP contribution in [0.5, 0.6) is 0 Å². The van der Waals surface area contributed by atoms with Crippen LogP contribution in [0.1, 0.15) is 68.7 Å². The Morgan fingerprint density at radius 2 is 1.72 bits per heavy atom. The van der Waals surface area contributed by atoms with Crippen LogP contribution in [0.4, 0.5) is 0 Å². The summed E-state index contributed by atoms with van der Waals surface area (Å²) in [6.07, 6.45) is 10.5. The van der Waals surface area contributed by atoms with E-state index in [-0.39, 0.29) is 0 Å². The second kappa shape index (κ2) is 9.63. The molecule has 0 fully saturated rings. The molecule has 1 rings (SSSR count). The predicted octanol–water partition coefficient (Wildman–Crippen LogP) is 7.63. The summed E-state index contributed by atoms with van der Waals surface area (Å²) in [4.78, 5) is 0.351. The molecule has 0 aliphatic carbocycles. The van der Waals surface area contributed by atoms with Gasteiger partial charge in [0.15, 0.2) is 0 Å². The quantitative estimate of drug-likeness (QED) is 0.309. The molecule has 1 unspecified atom stereocenters. The smallest absolute Gasteiger partial charge is 0.0987 e. The molecule has 0 amide bonds. The normalized spacial score (nSPS) is 12.9. The number of thiophene rings is 1. The van der Waals surface area contributed by atoms with Gasteiger partial charge in [0.05, 0.1) is 8.67 Å². The maximum absolute atomic E-state index is 6.14. The molecular formula is C14H21BrCl2S. The lowest BCUT2D eigenvalue weighted by Gasteiger charge is -2.08. The fourth-order valence-electron chi connectivity index (χ4n) is 2.00. The van der Waals surface area contributed by atoms with Gasteiger partial charge in [0.25, 0.3) is 0 Å². The van der Waals surface area contributed by atoms with E-state index in [9.17, 15) is 0 Å². The topological polar surface area (TPSA) is 0 Å². The molecule has 0 N–H and O–H groups in total. The van der Waals surface area contributed by atoms with Gasteiger partial charge < -0.3 is 0 Å². The summed E-state index contributed by atoms with van der Waals surface area (Å²) >= 11 is 17.3. The molecule has 0 nitrogen and oxygen atoms in total. The van der Waals surface area contributed by atoms with E-state index in [0.717, 1.165) is 20.7 Å². The van der Waals surface area contributed by atoms with Gasteiger partial charge in [-0.1, -0.05) is 91.0 Å². The summed E-state index contributed by atoms with van der Waals surface area (Å²) in [5.74, 6) is 0. The Morgan fingerprint density at radius 3 is 2.28 bits per heavy atom. The average Bonchev–Trinajstić information content (AvgIpc) is 2.67. The minimum Gasteiger partial charge on any atom is -0.111 e. The van der Waals surface area contributed by atoms with Crippen LogP contribution in [0, 0.1) is 0 Å².